The van der Waals surface area contributed by atoms with Crippen molar-refractivity contribution in [3.05, 3.63) is 12.3 Å². The number of hydrogen-bond donors (Lipinski definition) is 0. The highest BCUT2D eigenvalue weighted by molar-refractivity contribution is 5.74. The highest BCUT2D eigenvalue weighted by atomic mass is 16.7. The molecule has 0 unspecified atom stereocenters. The van der Waals surface area contributed by atoms with Crippen LogP contribution in [0.25, 0.3) is 0 Å². The summed E-state index contributed by atoms with van der Waals surface area (Å²) in [6, 6.07) is 0. The van der Waals surface area contributed by atoms with Gasteiger partial charge in [0.2, 0.25) is 0 Å². The lowest BCUT2D eigenvalue weighted by Gasteiger charge is -2.23. The van der Waals surface area contributed by atoms with Crippen LogP contribution in [0, 0.1) is 5.92 Å². The fourth-order valence-electron chi connectivity index (χ4n) is 1.29. The number of carbonyl (C=O) groups is 1. The maximum Gasteiger partial charge on any atom is 0.313 e. The third-order valence-corrected chi connectivity index (χ3v) is 1.93. The molecule has 0 aromatic heterocycles. The SMILES string of the molecule is CCOC(=O)[C@H]1C=CO[C@@H](OCC)C1. The summed E-state index contributed by atoms with van der Waals surface area (Å²) >= 11 is 0. The monoisotopic (exact) mass is 200 g/mol. The van der Waals surface area contributed by atoms with Crippen molar-refractivity contribution < 1.29 is 19.0 Å². The summed E-state index contributed by atoms with van der Waals surface area (Å²) < 4.78 is 15.3. The Labute approximate surface area is 83.8 Å². The first kappa shape index (κ1) is 11.0. The lowest BCUT2D eigenvalue weighted by molar-refractivity contribution is -0.156. The molecule has 14 heavy (non-hydrogen) atoms. The van der Waals surface area contributed by atoms with E-state index in [2.05, 4.69) is 0 Å². The Hall–Kier alpha value is -1.03. The zero-order valence-electron chi connectivity index (χ0n) is 8.56. The van der Waals surface area contributed by atoms with E-state index in [0.29, 0.717) is 19.6 Å². The minimum atomic E-state index is -0.320. The quantitative estimate of drug-likeness (QED) is 0.644. The first-order chi connectivity index (χ1) is 6.77. The number of hydrogen-bond acceptors (Lipinski definition) is 4. The summed E-state index contributed by atoms with van der Waals surface area (Å²) in [5.41, 5.74) is 0. The molecule has 0 amide bonds. The topological polar surface area (TPSA) is 44.8 Å². The standard InChI is InChI=1S/C10H16O4/c1-3-12-9-7-8(5-6-14-9)10(11)13-4-2/h5-6,8-9H,3-4,7H2,1-2H3/t8-,9+/m0/s1. The third kappa shape index (κ3) is 3.03. The molecule has 0 fully saturated rings. The van der Waals surface area contributed by atoms with Crippen molar-refractivity contribution in [3.63, 3.8) is 0 Å². The van der Waals surface area contributed by atoms with E-state index in [-0.39, 0.29) is 18.2 Å². The molecule has 80 valence electrons. The number of carbonyl (C=O) groups excluding carboxylic acids is 1. The van der Waals surface area contributed by atoms with Gasteiger partial charge in [-0.05, 0) is 19.9 Å². The molecule has 1 rings (SSSR count). The van der Waals surface area contributed by atoms with Gasteiger partial charge < -0.3 is 14.2 Å². The van der Waals surface area contributed by atoms with Crippen LogP contribution in [0.15, 0.2) is 12.3 Å². The van der Waals surface area contributed by atoms with Gasteiger partial charge >= 0.3 is 5.97 Å². The second kappa shape index (κ2) is 5.65. The number of esters is 1. The van der Waals surface area contributed by atoms with Gasteiger partial charge in [0.15, 0.2) is 6.29 Å². The Balaban J connectivity index is 2.43. The van der Waals surface area contributed by atoms with E-state index in [1.165, 1.54) is 6.26 Å². The molecule has 0 aliphatic carbocycles. The Morgan fingerprint density at radius 3 is 2.93 bits per heavy atom. The normalized spacial score (nSPS) is 25.6. The van der Waals surface area contributed by atoms with Gasteiger partial charge in [-0.15, -0.1) is 0 Å². The highest BCUT2D eigenvalue weighted by Crippen LogP contribution is 2.19. The van der Waals surface area contributed by atoms with Crippen LogP contribution in [0.2, 0.25) is 0 Å². The Morgan fingerprint density at radius 1 is 1.50 bits per heavy atom. The van der Waals surface area contributed by atoms with Gasteiger partial charge in [-0.1, -0.05) is 0 Å². The first-order valence-corrected chi connectivity index (χ1v) is 4.88. The molecule has 0 saturated heterocycles. The van der Waals surface area contributed by atoms with Crippen molar-refractivity contribution in [3.8, 4) is 0 Å². The average Bonchev–Trinajstić information content (AvgIpc) is 2.19. The molecule has 0 radical (unpaired) electrons. The molecule has 0 aromatic carbocycles. The highest BCUT2D eigenvalue weighted by Gasteiger charge is 2.25. The van der Waals surface area contributed by atoms with Crippen LogP contribution >= 0.6 is 0 Å². The summed E-state index contributed by atoms with van der Waals surface area (Å²) in [5, 5.41) is 0. The summed E-state index contributed by atoms with van der Waals surface area (Å²) in [5.74, 6) is -0.447. The van der Waals surface area contributed by atoms with E-state index in [1.54, 1.807) is 13.0 Å². The van der Waals surface area contributed by atoms with E-state index in [0.717, 1.165) is 0 Å². The molecule has 1 heterocycles. The van der Waals surface area contributed by atoms with E-state index in [9.17, 15) is 4.79 Å². The Morgan fingerprint density at radius 2 is 2.29 bits per heavy atom. The fraction of sp³-hybridized carbons (Fsp3) is 0.700. The van der Waals surface area contributed by atoms with Crippen LogP contribution in [0.1, 0.15) is 20.3 Å². The number of ether oxygens (including phenoxy) is 3. The van der Waals surface area contributed by atoms with Gasteiger partial charge in [0, 0.05) is 13.0 Å². The van der Waals surface area contributed by atoms with Crippen LogP contribution in [0.5, 0.6) is 0 Å². The zero-order valence-corrected chi connectivity index (χ0v) is 8.56. The van der Waals surface area contributed by atoms with Crippen LogP contribution in [-0.2, 0) is 19.0 Å². The summed E-state index contributed by atoms with van der Waals surface area (Å²) in [6.07, 6.45) is 3.42. The molecule has 0 aromatic rings. The van der Waals surface area contributed by atoms with Crippen molar-refractivity contribution in [1.29, 1.82) is 0 Å². The molecule has 1 aliphatic heterocycles. The van der Waals surface area contributed by atoms with Crippen molar-refractivity contribution in [2.24, 2.45) is 5.92 Å². The molecule has 1 aliphatic rings. The lowest BCUT2D eigenvalue weighted by Crippen LogP contribution is -2.27. The molecular formula is C10H16O4. The molecule has 0 N–H and O–H groups in total. The van der Waals surface area contributed by atoms with E-state index >= 15 is 0 Å². The van der Waals surface area contributed by atoms with Gasteiger partial charge in [-0.3, -0.25) is 4.79 Å². The third-order valence-electron chi connectivity index (χ3n) is 1.93. The second-order valence-electron chi connectivity index (χ2n) is 2.94. The van der Waals surface area contributed by atoms with Crippen molar-refractivity contribution >= 4 is 5.97 Å². The van der Waals surface area contributed by atoms with Gasteiger partial charge in [0.25, 0.3) is 0 Å². The van der Waals surface area contributed by atoms with Crippen LogP contribution < -0.4 is 0 Å². The predicted molar refractivity (Wildman–Crippen MR) is 50.4 cm³/mol. The fourth-order valence-corrected chi connectivity index (χ4v) is 1.29. The van der Waals surface area contributed by atoms with E-state index in [4.69, 9.17) is 14.2 Å². The smallest absolute Gasteiger partial charge is 0.313 e. The van der Waals surface area contributed by atoms with Crippen molar-refractivity contribution in [1.82, 2.24) is 0 Å². The summed E-state index contributed by atoms with van der Waals surface area (Å²) in [6.45, 7) is 4.67. The first-order valence-electron chi connectivity index (χ1n) is 4.88. The Bertz CT molecular complexity index is 212. The van der Waals surface area contributed by atoms with E-state index < -0.39 is 0 Å². The molecule has 2 atom stereocenters. The van der Waals surface area contributed by atoms with Gasteiger partial charge in [0.1, 0.15) is 0 Å². The van der Waals surface area contributed by atoms with Crippen LogP contribution in [-0.4, -0.2) is 25.5 Å². The lowest BCUT2D eigenvalue weighted by atomic mass is 10.0. The Kier molecular flexibility index (Phi) is 4.46. The number of rotatable bonds is 4. The largest absolute Gasteiger partial charge is 0.473 e. The summed E-state index contributed by atoms with van der Waals surface area (Å²) in [7, 11) is 0. The molecule has 0 bridgehead atoms. The minimum absolute atomic E-state index is 0.211. The van der Waals surface area contributed by atoms with Crippen LogP contribution in [0.4, 0.5) is 0 Å². The minimum Gasteiger partial charge on any atom is -0.473 e. The maximum atomic E-state index is 11.4. The van der Waals surface area contributed by atoms with E-state index in [1.807, 2.05) is 6.92 Å². The average molecular weight is 200 g/mol. The van der Waals surface area contributed by atoms with Gasteiger partial charge in [0.05, 0.1) is 18.8 Å². The summed E-state index contributed by atoms with van der Waals surface area (Å²) in [4.78, 5) is 11.4. The van der Waals surface area contributed by atoms with Crippen molar-refractivity contribution in [2.45, 2.75) is 26.6 Å². The van der Waals surface area contributed by atoms with Gasteiger partial charge in [-0.2, -0.15) is 0 Å². The zero-order chi connectivity index (χ0) is 10.4. The molecule has 0 saturated carbocycles. The predicted octanol–water partition coefficient (Wildman–Crippen LogP) is 1.46. The molecule has 4 nitrogen and oxygen atoms in total. The van der Waals surface area contributed by atoms with Crippen LogP contribution in [0.3, 0.4) is 0 Å². The van der Waals surface area contributed by atoms with Gasteiger partial charge in [-0.25, -0.2) is 0 Å². The second-order valence-corrected chi connectivity index (χ2v) is 2.94. The maximum absolute atomic E-state index is 11.4. The molecule has 0 spiro atoms. The molecule has 4 heteroatoms. The van der Waals surface area contributed by atoms with Crippen molar-refractivity contribution in [2.75, 3.05) is 13.2 Å². The molecular weight excluding hydrogens is 184 g/mol.